The molecule has 0 aromatic rings. The van der Waals surface area contributed by atoms with Crippen molar-refractivity contribution in [1.29, 1.82) is 0 Å². The van der Waals surface area contributed by atoms with Gasteiger partial charge in [-0.2, -0.15) is 0 Å². The van der Waals surface area contributed by atoms with Gasteiger partial charge in [0.05, 0.1) is 0 Å². The Morgan fingerprint density at radius 1 is 1.30 bits per heavy atom. The normalized spacial score (nSPS) is 19.4. The molecule has 1 nitrogen and oxygen atoms in total. The maximum absolute atomic E-state index is 10.1. The predicted molar refractivity (Wildman–Crippen MR) is 87.6 cm³/mol. The van der Waals surface area contributed by atoms with E-state index < -0.39 is 0 Å². The molecule has 0 radical (unpaired) electrons. The summed E-state index contributed by atoms with van der Waals surface area (Å²) in [6.07, 6.45) is 16.8. The van der Waals surface area contributed by atoms with Gasteiger partial charge in [-0.25, -0.2) is 0 Å². The second kappa shape index (κ2) is 7.84. The van der Waals surface area contributed by atoms with Gasteiger partial charge in [0.15, 0.2) is 0 Å². The molecular formula is C19H26O. The Kier molecular flexibility index (Phi) is 6.44. The van der Waals surface area contributed by atoms with Gasteiger partial charge in [-0.3, -0.25) is 4.79 Å². The number of allylic oxidation sites excluding steroid dienone is 9. The van der Waals surface area contributed by atoms with E-state index in [1.807, 2.05) is 12.2 Å². The van der Waals surface area contributed by atoms with Crippen LogP contribution in [0.5, 0.6) is 0 Å². The van der Waals surface area contributed by atoms with Gasteiger partial charge in [0.2, 0.25) is 0 Å². The highest BCUT2D eigenvalue weighted by Crippen LogP contribution is 2.40. The SMILES string of the molecule is C=C(/C=C/C1=C(C)CCCC1(C)C)C/C=C/C=C/C=O. The lowest BCUT2D eigenvalue weighted by Gasteiger charge is -2.33. The van der Waals surface area contributed by atoms with Crippen molar-refractivity contribution in [3.63, 3.8) is 0 Å². The maximum atomic E-state index is 10.1. The van der Waals surface area contributed by atoms with E-state index in [0.29, 0.717) is 0 Å². The Morgan fingerprint density at radius 3 is 2.70 bits per heavy atom. The third kappa shape index (κ3) is 5.16. The Bertz CT molecular complexity index is 470. The van der Waals surface area contributed by atoms with E-state index in [4.69, 9.17) is 0 Å². The van der Waals surface area contributed by atoms with Crippen LogP contribution >= 0.6 is 0 Å². The molecule has 0 aromatic carbocycles. The van der Waals surface area contributed by atoms with E-state index in [2.05, 4.69) is 39.5 Å². The van der Waals surface area contributed by atoms with Crippen molar-refractivity contribution in [3.8, 4) is 0 Å². The van der Waals surface area contributed by atoms with Gasteiger partial charge in [-0.1, -0.05) is 62.0 Å². The predicted octanol–water partition coefficient (Wildman–Crippen LogP) is 5.33. The lowest BCUT2D eigenvalue weighted by molar-refractivity contribution is -0.104. The first-order chi connectivity index (χ1) is 9.47. The summed E-state index contributed by atoms with van der Waals surface area (Å²) in [5.74, 6) is 0. The van der Waals surface area contributed by atoms with Gasteiger partial charge in [0.1, 0.15) is 6.29 Å². The van der Waals surface area contributed by atoms with E-state index >= 15 is 0 Å². The summed E-state index contributed by atoms with van der Waals surface area (Å²) < 4.78 is 0. The van der Waals surface area contributed by atoms with Crippen molar-refractivity contribution in [2.75, 3.05) is 0 Å². The molecule has 1 aliphatic carbocycles. The van der Waals surface area contributed by atoms with Crippen LogP contribution in [0.4, 0.5) is 0 Å². The van der Waals surface area contributed by atoms with E-state index in [1.54, 1.807) is 6.08 Å². The smallest absolute Gasteiger partial charge is 0.142 e. The Labute approximate surface area is 123 Å². The highest BCUT2D eigenvalue weighted by Gasteiger charge is 2.26. The minimum absolute atomic E-state index is 0.279. The molecule has 0 unspecified atom stereocenters. The molecule has 0 spiro atoms. The summed E-state index contributed by atoms with van der Waals surface area (Å²) in [6.45, 7) is 11.0. The average molecular weight is 270 g/mol. The van der Waals surface area contributed by atoms with Crippen molar-refractivity contribution in [2.24, 2.45) is 5.41 Å². The van der Waals surface area contributed by atoms with Gasteiger partial charge < -0.3 is 0 Å². The van der Waals surface area contributed by atoms with Crippen molar-refractivity contribution >= 4 is 6.29 Å². The molecule has 0 fully saturated rings. The van der Waals surface area contributed by atoms with Crippen molar-refractivity contribution in [3.05, 3.63) is 59.8 Å². The number of hydrogen-bond donors (Lipinski definition) is 0. The first-order valence-corrected chi connectivity index (χ1v) is 7.30. The third-order valence-corrected chi connectivity index (χ3v) is 3.85. The zero-order valence-electron chi connectivity index (χ0n) is 13.0. The molecule has 1 rings (SSSR count). The zero-order valence-corrected chi connectivity index (χ0v) is 13.0. The fourth-order valence-corrected chi connectivity index (χ4v) is 2.69. The van der Waals surface area contributed by atoms with Crippen LogP contribution in [-0.4, -0.2) is 6.29 Å². The second-order valence-electron chi connectivity index (χ2n) is 6.08. The van der Waals surface area contributed by atoms with Crippen LogP contribution in [0, 0.1) is 5.41 Å². The minimum atomic E-state index is 0.279. The second-order valence-corrected chi connectivity index (χ2v) is 6.08. The topological polar surface area (TPSA) is 17.1 Å². The van der Waals surface area contributed by atoms with Gasteiger partial charge in [-0.15, -0.1) is 0 Å². The van der Waals surface area contributed by atoms with Crippen LogP contribution in [0.15, 0.2) is 59.8 Å². The number of rotatable bonds is 6. The number of carbonyl (C=O) groups excluding carboxylic acids is 1. The molecule has 1 aliphatic rings. The zero-order chi connectivity index (χ0) is 15.0. The van der Waals surface area contributed by atoms with Crippen LogP contribution < -0.4 is 0 Å². The van der Waals surface area contributed by atoms with Gasteiger partial charge >= 0.3 is 0 Å². The van der Waals surface area contributed by atoms with Crippen LogP contribution in [0.2, 0.25) is 0 Å². The standard InChI is InChI=1S/C19H26O/c1-16(10-7-5-6-8-15-20)12-13-18-17(2)11-9-14-19(18,3)4/h5-8,12-13,15H,1,9-11,14H2,2-4H3/b7-5+,8-6+,13-12+. The summed E-state index contributed by atoms with van der Waals surface area (Å²) in [5.41, 5.74) is 4.34. The first kappa shape index (κ1) is 16.4. The van der Waals surface area contributed by atoms with Crippen molar-refractivity contribution in [2.45, 2.75) is 46.5 Å². The van der Waals surface area contributed by atoms with Gasteiger partial charge in [0, 0.05) is 0 Å². The summed E-state index contributed by atoms with van der Waals surface area (Å²) in [5, 5.41) is 0. The molecule has 0 bridgehead atoms. The summed E-state index contributed by atoms with van der Waals surface area (Å²) in [6, 6.07) is 0. The van der Waals surface area contributed by atoms with Crippen LogP contribution in [0.3, 0.4) is 0 Å². The van der Waals surface area contributed by atoms with Crippen molar-refractivity contribution < 1.29 is 4.79 Å². The molecule has 0 aliphatic heterocycles. The maximum Gasteiger partial charge on any atom is 0.142 e. The van der Waals surface area contributed by atoms with E-state index in [1.165, 1.54) is 36.5 Å². The fraction of sp³-hybridized carbons (Fsp3) is 0.421. The number of aldehydes is 1. The molecule has 0 N–H and O–H groups in total. The Balaban J connectivity index is 2.63. The number of carbonyl (C=O) groups is 1. The molecular weight excluding hydrogens is 244 g/mol. The van der Waals surface area contributed by atoms with Crippen LogP contribution in [-0.2, 0) is 4.79 Å². The first-order valence-electron chi connectivity index (χ1n) is 7.30. The van der Waals surface area contributed by atoms with Gasteiger partial charge in [-0.05, 0) is 49.7 Å². The molecule has 1 heteroatoms. The molecule has 20 heavy (non-hydrogen) atoms. The summed E-state index contributed by atoms with van der Waals surface area (Å²) in [4.78, 5) is 10.1. The van der Waals surface area contributed by atoms with Gasteiger partial charge in [0.25, 0.3) is 0 Å². The molecule has 0 heterocycles. The summed E-state index contributed by atoms with van der Waals surface area (Å²) >= 11 is 0. The monoisotopic (exact) mass is 270 g/mol. The number of hydrogen-bond acceptors (Lipinski definition) is 1. The van der Waals surface area contributed by atoms with E-state index in [9.17, 15) is 4.79 Å². The molecule has 0 amide bonds. The quantitative estimate of drug-likeness (QED) is 0.362. The van der Waals surface area contributed by atoms with E-state index in [-0.39, 0.29) is 5.41 Å². The van der Waals surface area contributed by atoms with Crippen LogP contribution in [0.1, 0.15) is 46.5 Å². The van der Waals surface area contributed by atoms with Crippen molar-refractivity contribution in [1.82, 2.24) is 0 Å². The lowest BCUT2D eigenvalue weighted by Crippen LogP contribution is -2.19. The minimum Gasteiger partial charge on any atom is -0.299 e. The highest BCUT2D eigenvalue weighted by atomic mass is 16.1. The Morgan fingerprint density at radius 2 is 2.05 bits per heavy atom. The Hall–Kier alpha value is -1.63. The highest BCUT2D eigenvalue weighted by molar-refractivity contribution is 5.65. The molecule has 0 atom stereocenters. The molecule has 0 saturated heterocycles. The van der Waals surface area contributed by atoms with E-state index in [0.717, 1.165) is 18.3 Å². The fourth-order valence-electron chi connectivity index (χ4n) is 2.69. The largest absolute Gasteiger partial charge is 0.299 e. The molecule has 0 aromatic heterocycles. The molecule has 0 saturated carbocycles. The third-order valence-electron chi connectivity index (χ3n) is 3.85. The summed E-state index contributed by atoms with van der Waals surface area (Å²) in [7, 11) is 0. The molecule has 108 valence electrons. The van der Waals surface area contributed by atoms with Crippen LogP contribution in [0.25, 0.3) is 0 Å². The average Bonchev–Trinajstić information content (AvgIpc) is 2.37. The lowest BCUT2D eigenvalue weighted by atomic mass is 9.72.